The van der Waals surface area contributed by atoms with Crippen LogP contribution >= 0.6 is 23.4 Å². The number of rotatable bonds is 6. The summed E-state index contributed by atoms with van der Waals surface area (Å²) in [5, 5.41) is 9.39. The van der Waals surface area contributed by atoms with E-state index in [-0.39, 0.29) is 16.2 Å². The Morgan fingerprint density at radius 2 is 1.92 bits per heavy atom. The standard InChI is InChI=1S/C15H12ClN3O3S2/c16-12-4-6-13(7-5-12)23-10-15(20)18-19-24(21,22)14-3-1-2-11(8-14)9-17/h1-8,19H,10H2,(H,18,20). The molecule has 0 aliphatic heterocycles. The predicted molar refractivity (Wildman–Crippen MR) is 91.8 cm³/mol. The van der Waals surface area contributed by atoms with Gasteiger partial charge in [-0.1, -0.05) is 17.7 Å². The number of sulfonamides is 1. The third-order valence-corrected chi connectivity index (χ3v) is 5.29. The molecule has 6 nitrogen and oxygen atoms in total. The monoisotopic (exact) mass is 381 g/mol. The van der Waals surface area contributed by atoms with Gasteiger partial charge >= 0.3 is 0 Å². The topological polar surface area (TPSA) is 99.1 Å². The van der Waals surface area contributed by atoms with Crippen LogP contribution in [0.25, 0.3) is 0 Å². The van der Waals surface area contributed by atoms with Gasteiger partial charge in [0.15, 0.2) is 0 Å². The lowest BCUT2D eigenvalue weighted by molar-refractivity contribution is -0.119. The molecule has 0 fully saturated rings. The minimum Gasteiger partial charge on any atom is -0.277 e. The van der Waals surface area contributed by atoms with E-state index in [4.69, 9.17) is 16.9 Å². The van der Waals surface area contributed by atoms with E-state index in [1.54, 1.807) is 24.3 Å². The van der Waals surface area contributed by atoms with Crippen LogP contribution in [0, 0.1) is 11.3 Å². The van der Waals surface area contributed by atoms with Crippen molar-refractivity contribution in [2.75, 3.05) is 5.75 Å². The van der Waals surface area contributed by atoms with E-state index in [1.807, 2.05) is 10.9 Å². The van der Waals surface area contributed by atoms with E-state index in [9.17, 15) is 13.2 Å². The quantitative estimate of drug-likeness (QED) is 0.591. The summed E-state index contributed by atoms with van der Waals surface area (Å²) in [4.78, 5) is 14.5. The first-order valence-corrected chi connectivity index (χ1v) is 9.44. The maximum atomic E-state index is 12.1. The number of hydrazine groups is 1. The Balaban J connectivity index is 1.90. The fourth-order valence-electron chi connectivity index (χ4n) is 1.63. The molecule has 0 saturated carbocycles. The molecule has 2 aromatic carbocycles. The van der Waals surface area contributed by atoms with Crippen LogP contribution in [-0.4, -0.2) is 20.1 Å². The highest BCUT2D eigenvalue weighted by Gasteiger charge is 2.15. The largest absolute Gasteiger partial charge is 0.277 e. The van der Waals surface area contributed by atoms with Crippen LogP contribution in [0.4, 0.5) is 0 Å². The first-order valence-electron chi connectivity index (χ1n) is 6.60. The lowest BCUT2D eigenvalue weighted by atomic mass is 10.2. The van der Waals surface area contributed by atoms with Crippen molar-refractivity contribution in [3.8, 4) is 6.07 Å². The number of hydrogen-bond donors (Lipinski definition) is 2. The average molecular weight is 382 g/mol. The number of nitriles is 1. The zero-order valence-electron chi connectivity index (χ0n) is 12.2. The van der Waals surface area contributed by atoms with Crippen LogP contribution < -0.4 is 10.3 Å². The van der Waals surface area contributed by atoms with Gasteiger partial charge in [0.25, 0.3) is 10.0 Å². The van der Waals surface area contributed by atoms with E-state index in [2.05, 4.69) is 5.43 Å². The number of hydrogen-bond acceptors (Lipinski definition) is 5. The Morgan fingerprint density at radius 3 is 2.58 bits per heavy atom. The van der Waals surface area contributed by atoms with Gasteiger partial charge in [-0.25, -0.2) is 8.42 Å². The molecular weight excluding hydrogens is 370 g/mol. The molecule has 2 rings (SSSR count). The van der Waals surface area contributed by atoms with Crippen molar-refractivity contribution in [1.82, 2.24) is 10.3 Å². The number of carbonyl (C=O) groups is 1. The molecular formula is C15H12ClN3O3S2. The van der Waals surface area contributed by atoms with Crippen molar-refractivity contribution in [2.24, 2.45) is 0 Å². The maximum Gasteiger partial charge on any atom is 0.257 e. The Morgan fingerprint density at radius 1 is 1.21 bits per heavy atom. The van der Waals surface area contributed by atoms with Crippen molar-refractivity contribution < 1.29 is 13.2 Å². The van der Waals surface area contributed by atoms with Crippen molar-refractivity contribution in [1.29, 1.82) is 5.26 Å². The summed E-state index contributed by atoms with van der Waals surface area (Å²) in [7, 11) is -3.94. The van der Waals surface area contributed by atoms with E-state index in [1.165, 1.54) is 36.0 Å². The molecule has 2 aromatic rings. The second kappa shape index (κ2) is 8.17. The SMILES string of the molecule is N#Cc1cccc(S(=O)(=O)NNC(=O)CSc2ccc(Cl)cc2)c1. The molecule has 0 aliphatic rings. The molecule has 0 heterocycles. The highest BCUT2D eigenvalue weighted by molar-refractivity contribution is 8.00. The third kappa shape index (κ3) is 5.25. The van der Waals surface area contributed by atoms with E-state index in [0.717, 1.165) is 4.90 Å². The van der Waals surface area contributed by atoms with Crippen LogP contribution in [0.1, 0.15) is 5.56 Å². The van der Waals surface area contributed by atoms with Crippen molar-refractivity contribution in [2.45, 2.75) is 9.79 Å². The van der Waals surface area contributed by atoms with Gasteiger partial charge in [-0.2, -0.15) is 5.26 Å². The lowest BCUT2D eigenvalue weighted by Gasteiger charge is -2.08. The number of halogens is 1. The Hall–Kier alpha value is -2.05. The number of nitrogens with one attached hydrogen (secondary N) is 2. The fourth-order valence-corrected chi connectivity index (χ4v) is 3.36. The summed E-state index contributed by atoms with van der Waals surface area (Å²) in [5.41, 5.74) is 2.34. The molecule has 9 heteroatoms. The van der Waals surface area contributed by atoms with Gasteiger partial charge in [0.1, 0.15) is 0 Å². The molecule has 0 aliphatic carbocycles. The third-order valence-electron chi connectivity index (χ3n) is 2.78. The van der Waals surface area contributed by atoms with Crippen LogP contribution in [0.15, 0.2) is 58.3 Å². The van der Waals surface area contributed by atoms with Crippen LogP contribution in [0.3, 0.4) is 0 Å². The molecule has 24 heavy (non-hydrogen) atoms. The second-order valence-corrected chi connectivity index (χ2v) is 7.70. The molecule has 0 atom stereocenters. The van der Waals surface area contributed by atoms with Crippen molar-refractivity contribution >= 4 is 39.3 Å². The summed E-state index contributed by atoms with van der Waals surface area (Å²) in [6.07, 6.45) is 0. The number of nitrogens with zero attached hydrogens (tertiary/aromatic N) is 1. The smallest absolute Gasteiger partial charge is 0.257 e. The summed E-state index contributed by atoms with van der Waals surface area (Å²) in [5.74, 6) is -0.475. The second-order valence-electron chi connectivity index (χ2n) is 4.54. The highest BCUT2D eigenvalue weighted by atomic mass is 35.5. The average Bonchev–Trinajstić information content (AvgIpc) is 2.59. The molecule has 0 bridgehead atoms. The van der Waals surface area contributed by atoms with Gasteiger partial charge in [0.05, 0.1) is 22.3 Å². The van der Waals surface area contributed by atoms with Gasteiger partial charge in [-0.15, -0.1) is 16.6 Å². The minimum absolute atomic E-state index is 0.0301. The minimum atomic E-state index is -3.94. The number of carbonyl (C=O) groups excluding carboxylic acids is 1. The van der Waals surface area contributed by atoms with Crippen LogP contribution in [0.2, 0.25) is 5.02 Å². The van der Waals surface area contributed by atoms with Crippen LogP contribution in [0.5, 0.6) is 0 Å². The Kier molecular flexibility index (Phi) is 6.23. The molecule has 0 saturated heterocycles. The van der Waals surface area contributed by atoms with Gasteiger partial charge < -0.3 is 0 Å². The zero-order chi connectivity index (χ0) is 17.6. The highest BCUT2D eigenvalue weighted by Crippen LogP contribution is 2.19. The normalized spacial score (nSPS) is 10.8. The van der Waals surface area contributed by atoms with Gasteiger partial charge in [-0.3, -0.25) is 10.2 Å². The van der Waals surface area contributed by atoms with Crippen molar-refractivity contribution in [3.05, 3.63) is 59.1 Å². The zero-order valence-corrected chi connectivity index (χ0v) is 14.6. The maximum absolute atomic E-state index is 12.1. The lowest BCUT2D eigenvalue weighted by Crippen LogP contribution is -2.42. The molecule has 2 N–H and O–H groups in total. The van der Waals surface area contributed by atoms with Gasteiger partial charge in [-0.05, 0) is 42.5 Å². The molecule has 1 amide bonds. The molecule has 0 radical (unpaired) electrons. The first-order chi connectivity index (χ1) is 11.4. The molecule has 0 aromatic heterocycles. The predicted octanol–water partition coefficient (Wildman–Crippen LogP) is 2.31. The molecule has 0 unspecified atom stereocenters. The van der Waals surface area contributed by atoms with Crippen molar-refractivity contribution in [3.63, 3.8) is 0 Å². The van der Waals surface area contributed by atoms with Crippen LogP contribution in [-0.2, 0) is 14.8 Å². The van der Waals surface area contributed by atoms with E-state index in [0.29, 0.717) is 5.02 Å². The molecule has 0 spiro atoms. The first kappa shape index (κ1) is 18.3. The van der Waals surface area contributed by atoms with Gasteiger partial charge in [0.2, 0.25) is 5.91 Å². The number of benzene rings is 2. The Labute approximate surface area is 148 Å². The number of amides is 1. The summed E-state index contributed by atoms with van der Waals surface area (Å²) in [6, 6.07) is 14.3. The summed E-state index contributed by atoms with van der Waals surface area (Å²) in [6.45, 7) is 0. The van der Waals surface area contributed by atoms with Gasteiger partial charge in [0, 0.05) is 9.92 Å². The van der Waals surface area contributed by atoms with E-state index < -0.39 is 15.9 Å². The molecule has 124 valence electrons. The fraction of sp³-hybridized carbons (Fsp3) is 0.0667. The Bertz CT molecular complexity index is 878. The number of thioether (sulfide) groups is 1. The summed E-state index contributed by atoms with van der Waals surface area (Å²) < 4.78 is 24.1. The summed E-state index contributed by atoms with van der Waals surface area (Å²) >= 11 is 7.01. The van der Waals surface area contributed by atoms with E-state index >= 15 is 0 Å².